The summed E-state index contributed by atoms with van der Waals surface area (Å²) in [5, 5.41) is 12.2. The minimum absolute atomic E-state index is 0.726. The molecule has 2 nitrogen and oxygen atoms in total. The summed E-state index contributed by atoms with van der Waals surface area (Å²) in [5.41, 5.74) is 1.92. The second-order valence-electron chi connectivity index (χ2n) is 4.34. The third kappa shape index (κ3) is 4.46. The number of rotatable bonds is 6. The Hall–Kier alpha value is -1.33. The van der Waals surface area contributed by atoms with Crippen LogP contribution in [0.5, 0.6) is 0 Å². The van der Waals surface area contributed by atoms with Crippen molar-refractivity contribution in [1.29, 1.82) is 5.26 Å². The summed E-state index contributed by atoms with van der Waals surface area (Å²) >= 11 is 0. The molecule has 0 aromatic heterocycles. The van der Waals surface area contributed by atoms with E-state index in [9.17, 15) is 0 Å². The van der Waals surface area contributed by atoms with Crippen molar-refractivity contribution < 1.29 is 0 Å². The van der Waals surface area contributed by atoms with Gasteiger partial charge in [0, 0.05) is 6.54 Å². The van der Waals surface area contributed by atoms with E-state index in [0.717, 1.165) is 24.6 Å². The predicted molar refractivity (Wildman–Crippen MR) is 66.9 cm³/mol. The van der Waals surface area contributed by atoms with Crippen molar-refractivity contribution in [3.05, 3.63) is 35.4 Å². The second-order valence-corrected chi connectivity index (χ2v) is 4.34. The molecule has 2 heteroatoms. The minimum atomic E-state index is 0.726. The van der Waals surface area contributed by atoms with Gasteiger partial charge in [0.1, 0.15) is 0 Å². The van der Waals surface area contributed by atoms with Gasteiger partial charge in [0.2, 0.25) is 0 Å². The number of hydrogen-bond donors (Lipinski definition) is 1. The number of nitriles is 1. The molecule has 0 amide bonds. The average Bonchev–Trinajstić information content (AvgIpc) is 2.30. The maximum atomic E-state index is 8.78. The molecule has 0 saturated carbocycles. The zero-order valence-electron chi connectivity index (χ0n) is 10.2. The van der Waals surface area contributed by atoms with Crippen LogP contribution in [0.15, 0.2) is 24.3 Å². The van der Waals surface area contributed by atoms with Crippen LogP contribution < -0.4 is 5.32 Å². The lowest BCUT2D eigenvalue weighted by molar-refractivity contribution is 0.476. The zero-order chi connectivity index (χ0) is 11.8. The topological polar surface area (TPSA) is 35.8 Å². The van der Waals surface area contributed by atoms with Gasteiger partial charge in [0.25, 0.3) is 0 Å². The van der Waals surface area contributed by atoms with E-state index in [1.807, 2.05) is 18.2 Å². The minimum Gasteiger partial charge on any atom is -0.312 e. The van der Waals surface area contributed by atoms with Crippen LogP contribution in [-0.2, 0) is 6.54 Å². The molecule has 0 aliphatic carbocycles. The van der Waals surface area contributed by atoms with Gasteiger partial charge < -0.3 is 5.32 Å². The molecular weight excluding hydrogens is 196 g/mol. The summed E-state index contributed by atoms with van der Waals surface area (Å²) < 4.78 is 0. The van der Waals surface area contributed by atoms with Crippen LogP contribution in [0.4, 0.5) is 0 Å². The smallest absolute Gasteiger partial charge is 0.0991 e. The Bertz CT molecular complexity index is 352. The van der Waals surface area contributed by atoms with Crippen LogP contribution in [0, 0.1) is 17.2 Å². The van der Waals surface area contributed by atoms with E-state index >= 15 is 0 Å². The van der Waals surface area contributed by atoms with E-state index in [-0.39, 0.29) is 0 Å². The predicted octanol–water partition coefficient (Wildman–Crippen LogP) is 3.08. The first-order valence-electron chi connectivity index (χ1n) is 5.96. The third-order valence-electron chi connectivity index (χ3n) is 2.66. The summed E-state index contributed by atoms with van der Waals surface area (Å²) in [5.74, 6) is 0.726. The first-order valence-corrected chi connectivity index (χ1v) is 5.96. The summed E-state index contributed by atoms with van der Waals surface area (Å²) in [7, 11) is 0. The van der Waals surface area contributed by atoms with Crippen molar-refractivity contribution in [2.45, 2.75) is 33.2 Å². The summed E-state index contributed by atoms with van der Waals surface area (Å²) in [6.07, 6.45) is 2.51. The second kappa shape index (κ2) is 7.03. The van der Waals surface area contributed by atoms with Crippen LogP contribution in [0.1, 0.15) is 37.8 Å². The van der Waals surface area contributed by atoms with E-state index in [4.69, 9.17) is 5.26 Å². The zero-order valence-corrected chi connectivity index (χ0v) is 10.2. The van der Waals surface area contributed by atoms with Gasteiger partial charge in [-0.1, -0.05) is 32.4 Å². The van der Waals surface area contributed by atoms with E-state index in [2.05, 4.69) is 31.3 Å². The molecule has 1 rings (SSSR count). The molecule has 0 fully saturated rings. The van der Waals surface area contributed by atoms with Gasteiger partial charge in [-0.2, -0.15) is 5.26 Å². The molecule has 0 bridgehead atoms. The van der Waals surface area contributed by atoms with Gasteiger partial charge in [-0.25, -0.2) is 0 Å². The molecule has 1 aromatic carbocycles. The molecule has 0 heterocycles. The van der Waals surface area contributed by atoms with E-state index in [0.29, 0.717) is 0 Å². The maximum absolute atomic E-state index is 8.78. The van der Waals surface area contributed by atoms with Crippen LogP contribution in [0.25, 0.3) is 0 Å². The largest absolute Gasteiger partial charge is 0.312 e. The molecule has 1 atom stereocenters. The molecule has 0 aliphatic rings. The fourth-order valence-electron chi connectivity index (χ4n) is 1.81. The lowest BCUT2D eigenvalue weighted by atomic mass is 10.1. The van der Waals surface area contributed by atoms with Crippen LogP contribution in [0.2, 0.25) is 0 Å². The molecule has 1 aromatic rings. The summed E-state index contributed by atoms with van der Waals surface area (Å²) in [4.78, 5) is 0. The normalized spacial score (nSPS) is 12.1. The van der Waals surface area contributed by atoms with Crippen LogP contribution in [-0.4, -0.2) is 6.54 Å². The van der Waals surface area contributed by atoms with E-state index < -0.39 is 0 Å². The van der Waals surface area contributed by atoms with Crippen LogP contribution in [0.3, 0.4) is 0 Å². The Morgan fingerprint density at radius 3 is 2.94 bits per heavy atom. The standard InChI is InChI=1S/C14H20N2/c1-3-5-12(2)10-16-11-14-7-4-6-13(8-14)9-15/h4,6-8,12,16H,3,5,10-11H2,1-2H3. The summed E-state index contributed by atoms with van der Waals surface area (Å²) in [6, 6.07) is 9.93. The molecular formula is C14H20N2. The molecule has 86 valence electrons. The van der Waals surface area contributed by atoms with E-state index in [1.54, 1.807) is 0 Å². The van der Waals surface area contributed by atoms with Gasteiger partial charge in [-0.3, -0.25) is 0 Å². The molecule has 0 spiro atoms. The number of benzene rings is 1. The average molecular weight is 216 g/mol. The lowest BCUT2D eigenvalue weighted by Crippen LogP contribution is -2.20. The Labute approximate surface area is 98.3 Å². The van der Waals surface area contributed by atoms with Gasteiger partial charge >= 0.3 is 0 Å². The highest BCUT2D eigenvalue weighted by molar-refractivity contribution is 5.32. The first kappa shape index (κ1) is 12.7. The molecule has 0 saturated heterocycles. The SMILES string of the molecule is CCCC(C)CNCc1cccc(C#N)c1. The Morgan fingerprint density at radius 2 is 2.25 bits per heavy atom. The highest BCUT2D eigenvalue weighted by Crippen LogP contribution is 2.06. The number of nitrogens with one attached hydrogen (secondary N) is 1. The molecule has 0 radical (unpaired) electrons. The van der Waals surface area contributed by atoms with Gasteiger partial charge in [0.15, 0.2) is 0 Å². The number of hydrogen-bond acceptors (Lipinski definition) is 2. The first-order chi connectivity index (χ1) is 7.76. The molecule has 0 aliphatic heterocycles. The fraction of sp³-hybridized carbons (Fsp3) is 0.500. The third-order valence-corrected chi connectivity index (χ3v) is 2.66. The van der Waals surface area contributed by atoms with Gasteiger partial charge in [-0.05, 0) is 36.6 Å². The van der Waals surface area contributed by atoms with E-state index in [1.165, 1.54) is 18.4 Å². The molecule has 16 heavy (non-hydrogen) atoms. The van der Waals surface area contributed by atoms with Crippen molar-refractivity contribution in [3.8, 4) is 6.07 Å². The molecule has 1 unspecified atom stereocenters. The quantitative estimate of drug-likeness (QED) is 0.793. The Kier molecular flexibility index (Phi) is 5.60. The van der Waals surface area contributed by atoms with Crippen LogP contribution >= 0.6 is 0 Å². The molecule has 1 N–H and O–H groups in total. The maximum Gasteiger partial charge on any atom is 0.0991 e. The monoisotopic (exact) mass is 216 g/mol. The Morgan fingerprint density at radius 1 is 1.44 bits per heavy atom. The van der Waals surface area contributed by atoms with Crippen molar-refractivity contribution >= 4 is 0 Å². The lowest BCUT2D eigenvalue weighted by Gasteiger charge is -2.11. The Balaban J connectivity index is 2.34. The fourth-order valence-corrected chi connectivity index (χ4v) is 1.81. The summed E-state index contributed by atoms with van der Waals surface area (Å²) in [6.45, 7) is 6.38. The van der Waals surface area contributed by atoms with Crippen molar-refractivity contribution in [2.24, 2.45) is 5.92 Å². The highest BCUT2D eigenvalue weighted by atomic mass is 14.9. The number of nitrogens with zero attached hydrogens (tertiary/aromatic N) is 1. The van der Waals surface area contributed by atoms with Crippen molar-refractivity contribution in [1.82, 2.24) is 5.32 Å². The van der Waals surface area contributed by atoms with Crippen molar-refractivity contribution in [2.75, 3.05) is 6.54 Å². The van der Waals surface area contributed by atoms with Crippen molar-refractivity contribution in [3.63, 3.8) is 0 Å². The van der Waals surface area contributed by atoms with Gasteiger partial charge in [-0.15, -0.1) is 0 Å². The van der Waals surface area contributed by atoms with Gasteiger partial charge in [0.05, 0.1) is 11.6 Å². The highest BCUT2D eigenvalue weighted by Gasteiger charge is 2.00.